The van der Waals surface area contributed by atoms with Crippen molar-refractivity contribution in [2.24, 2.45) is 17.8 Å². The Balaban J connectivity index is 1.54. The molecule has 17 heavy (non-hydrogen) atoms. The fourth-order valence-electron chi connectivity index (χ4n) is 3.32. The van der Waals surface area contributed by atoms with E-state index in [1.807, 2.05) is 0 Å². The first-order chi connectivity index (χ1) is 8.24. The minimum Gasteiger partial charge on any atom is -0.352 e. The van der Waals surface area contributed by atoms with Gasteiger partial charge in [0, 0.05) is 18.5 Å². The van der Waals surface area contributed by atoms with Crippen LogP contribution in [0.4, 0.5) is 0 Å². The van der Waals surface area contributed by atoms with E-state index in [1.165, 1.54) is 25.9 Å². The minimum atomic E-state index is 0.173. The zero-order valence-electron chi connectivity index (χ0n) is 10.6. The summed E-state index contributed by atoms with van der Waals surface area (Å²) in [6.45, 7) is 7.64. The molecule has 0 saturated carbocycles. The molecule has 4 heterocycles. The Hall–Kier alpha value is -0.610. The second-order valence-corrected chi connectivity index (χ2v) is 5.96. The minimum absolute atomic E-state index is 0.173. The molecule has 0 radical (unpaired) electrons. The first-order valence-corrected chi connectivity index (χ1v) is 6.97. The molecule has 0 spiro atoms. The van der Waals surface area contributed by atoms with E-state index in [-0.39, 0.29) is 11.8 Å². The van der Waals surface area contributed by atoms with Crippen LogP contribution in [0.2, 0.25) is 0 Å². The second-order valence-electron chi connectivity index (χ2n) is 5.96. The molecule has 0 aromatic carbocycles. The number of rotatable bonds is 3. The summed E-state index contributed by atoms with van der Waals surface area (Å²) in [5.41, 5.74) is 0. The number of hydrogen-bond donors (Lipinski definition) is 2. The van der Waals surface area contributed by atoms with Crippen LogP contribution < -0.4 is 10.6 Å². The highest BCUT2D eigenvalue weighted by Crippen LogP contribution is 2.28. The first-order valence-electron chi connectivity index (χ1n) is 6.97. The van der Waals surface area contributed by atoms with Crippen molar-refractivity contribution in [3.63, 3.8) is 0 Å². The number of carbonyl (C=O) groups is 1. The van der Waals surface area contributed by atoms with Gasteiger partial charge < -0.3 is 15.5 Å². The van der Waals surface area contributed by atoms with Crippen molar-refractivity contribution in [2.75, 3.05) is 32.7 Å². The van der Waals surface area contributed by atoms with Crippen molar-refractivity contribution in [3.8, 4) is 0 Å². The first kappa shape index (κ1) is 11.5. The van der Waals surface area contributed by atoms with Gasteiger partial charge in [0.15, 0.2) is 0 Å². The van der Waals surface area contributed by atoms with Crippen LogP contribution in [-0.2, 0) is 4.79 Å². The third kappa shape index (κ3) is 2.20. The van der Waals surface area contributed by atoms with Crippen LogP contribution in [0, 0.1) is 17.8 Å². The van der Waals surface area contributed by atoms with Crippen molar-refractivity contribution in [1.29, 1.82) is 0 Å². The molecule has 96 valence electrons. The molecular formula is C13H23N3O. The molecule has 1 amide bonds. The fraction of sp³-hybridized carbons (Fsp3) is 0.923. The summed E-state index contributed by atoms with van der Waals surface area (Å²) in [7, 11) is 0. The summed E-state index contributed by atoms with van der Waals surface area (Å²) in [6.07, 6.45) is 2.54. The van der Waals surface area contributed by atoms with Crippen LogP contribution in [0.1, 0.15) is 19.8 Å². The van der Waals surface area contributed by atoms with Gasteiger partial charge in [-0.25, -0.2) is 0 Å². The number of nitrogens with zero attached hydrogens (tertiary/aromatic N) is 1. The maximum Gasteiger partial charge on any atom is 0.223 e. The molecule has 4 fully saturated rings. The van der Waals surface area contributed by atoms with Crippen molar-refractivity contribution in [1.82, 2.24) is 15.5 Å². The highest BCUT2D eigenvalue weighted by atomic mass is 16.2. The van der Waals surface area contributed by atoms with Gasteiger partial charge in [-0.2, -0.15) is 0 Å². The average Bonchev–Trinajstić information content (AvgIpc) is 2.28. The normalized spacial score (nSPS) is 38.5. The van der Waals surface area contributed by atoms with Gasteiger partial charge in [-0.05, 0) is 50.9 Å². The molecule has 4 heteroatoms. The number of amides is 1. The Morgan fingerprint density at radius 2 is 2.06 bits per heavy atom. The zero-order valence-corrected chi connectivity index (χ0v) is 10.6. The molecule has 0 aromatic heterocycles. The highest BCUT2D eigenvalue weighted by Gasteiger charge is 2.36. The lowest BCUT2D eigenvalue weighted by molar-refractivity contribution is -0.128. The van der Waals surface area contributed by atoms with Crippen molar-refractivity contribution in [2.45, 2.75) is 25.8 Å². The number of carbonyl (C=O) groups excluding carboxylic acids is 1. The summed E-state index contributed by atoms with van der Waals surface area (Å²) < 4.78 is 0. The van der Waals surface area contributed by atoms with Crippen LogP contribution in [0.3, 0.4) is 0 Å². The Morgan fingerprint density at radius 3 is 2.53 bits per heavy atom. The van der Waals surface area contributed by atoms with E-state index < -0.39 is 0 Å². The van der Waals surface area contributed by atoms with Crippen LogP contribution in [-0.4, -0.2) is 49.6 Å². The average molecular weight is 237 g/mol. The largest absolute Gasteiger partial charge is 0.352 e. The lowest BCUT2D eigenvalue weighted by Crippen LogP contribution is -2.59. The predicted molar refractivity (Wildman–Crippen MR) is 66.6 cm³/mol. The smallest absolute Gasteiger partial charge is 0.223 e. The molecule has 4 aliphatic rings. The third-order valence-electron chi connectivity index (χ3n) is 4.92. The van der Waals surface area contributed by atoms with E-state index in [0.717, 1.165) is 25.6 Å². The number of piperidine rings is 3. The lowest BCUT2D eigenvalue weighted by atomic mass is 9.83. The van der Waals surface area contributed by atoms with E-state index >= 15 is 0 Å². The maximum absolute atomic E-state index is 12.2. The van der Waals surface area contributed by atoms with Gasteiger partial charge in [0.2, 0.25) is 5.91 Å². The van der Waals surface area contributed by atoms with Crippen LogP contribution in [0.25, 0.3) is 0 Å². The van der Waals surface area contributed by atoms with Gasteiger partial charge >= 0.3 is 0 Å². The molecule has 4 nitrogen and oxygen atoms in total. The topological polar surface area (TPSA) is 44.4 Å². The number of fused-ring (bicyclic) bond motifs is 3. The number of nitrogens with one attached hydrogen (secondary N) is 2. The molecule has 2 N–H and O–H groups in total. The summed E-state index contributed by atoms with van der Waals surface area (Å²) in [5, 5.41) is 6.53. The van der Waals surface area contributed by atoms with Gasteiger partial charge in [0.25, 0.3) is 0 Å². The van der Waals surface area contributed by atoms with Gasteiger partial charge in [-0.1, -0.05) is 6.92 Å². The van der Waals surface area contributed by atoms with E-state index in [9.17, 15) is 4.79 Å². The zero-order chi connectivity index (χ0) is 11.8. The Morgan fingerprint density at radius 1 is 1.35 bits per heavy atom. The van der Waals surface area contributed by atoms with Crippen LogP contribution in [0.15, 0.2) is 0 Å². The van der Waals surface area contributed by atoms with Gasteiger partial charge in [-0.15, -0.1) is 0 Å². The summed E-state index contributed by atoms with van der Waals surface area (Å²) in [6, 6.07) is 0.417. The van der Waals surface area contributed by atoms with E-state index in [1.54, 1.807) is 0 Å². The monoisotopic (exact) mass is 237 g/mol. The Labute approximate surface area is 103 Å². The van der Waals surface area contributed by atoms with Crippen LogP contribution in [0.5, 0.6) is 0 Å². The molecule has 4 rings (SSSR count). The van der Waals surface area contributed by atoms with Gasteiger partial charge in [0.05, 0.1) is 0 Å². The van der Waals surface area contributed by atoms with Gasteiger partial charge in [-0.3, -0.25) is 4.79 Å². The molecule has 4 saturated heterocycles. The molecular weight excluding hydrogens is 214 g/mol. The number of hydrogen-bond acceptors (Lipinski definition) is 3. The molecule has 2 atom stereocenters. The fourth-order valence-corrected chi connectivity index (χ4v) is 3.32. The lowest BCUT2D eigenvalue weighted by Gasteiger charge is -2.45. The summed E-state index contributed by atoms with van der Waals surface area (Å²) in [4.78, 5) is 14.7. The Bertz CT molecular complexity index is 295. The van der Waals surface area contributed by atoms with E-state index in [2.05, 4.69) is 22.5 Å². The van der Waals surface area contributed by atoms with Crippen LogP contribution >= 0.6 is 0 Å². The van der Waals surface area contributed by atoms with Gasteiger partial charge in [0.1, 0.15) is 0 Å². The quantitative estimate of drug-likeness (QED) is 0.729. The molecule has 4 aliphatic heterocycles. The standard InChI is InChI=1S/C13H23N3O/c1-9(11-6-14-7-11)13(17)15-12-8-16-4-2-10(12)3-5-16/h9-12,14H,2-8H2,1H3,(H,15,17). The molecule has 2 bridgehead atoms. The second kappa shape index (κ2) is 4.58. The SMILES string of the molecule is CC(C(=O)NC1CN2CCC1CC2)C1CNC1. The molecule has 0 aromatic rings. The predicted octanol–water partition coefficient (Wildman–Crippen LogP) is 0.0523. The summed E-state index contributed by atoms with van der Waals surface area (Å²) in [5.74, 6) is 1.73. The van der Waals surface area contributed by atoms with Crippen molar-refractivity contribution in [3.05, 3.63) is 0 Å². The van der Waals surface area contributed by atoms with Crippen molar-refractivity contribution >= 4 is 5.91 Å². The molecule has 2 unspecified atom stereocenters. The third-order valence-corrected chi connectivity index (χ3v) is 4.92. The Kier molecular flexibility index (Phi) is 3.09. The highest BCUT2D eigenvalue weighted by molar-refractivity contribution is 5.79. The van der Waals surface area contributed by atoms with E-state index in [0.29, 0.717) is 12.0 Å². The van der Waals surface area contributed by atoms with E-state index in [4.69, 9.17) is 0 Å². The summed E-state index contributed by atoms with van der Waals surface area (Å²) >= 11 is 0. The van der Waals surface area contributed by atoms with Crippen molar-refractivity contribution < 1.29 is 4.79 Å². The molecule has 0 aliphatic carbocycles. The maximum atomic E-state index is 12.2.